The molecule has 0 heterocycles. The van der Waals surface area contributed by atoms with Gasteiger partial charge in [-0.1, -0.05) is 18.8 Å². The molecule has 0 fully saturated rings. The fourth-order valence-corrected chi connectivity index (χ4v) is 2.77. The Morgan fingerprint density at radius 3 is 2.58 bits per heavy atom. The van der Waals surface area contributed by atoms with Crippen LogP contribution in [-0.4, -0.2) is 38.0 Å². The number of rotatable bonds is 4. The maximum Gasteiger partial charge on any atom is 0.242 e. The van der Waals surface area contributed by atoms with E-state index in [2.05, 4.69) is 11.8 Å². The second kappa shape index (κ2) is 6.71. The van der Waals surface area contributed by atoms with Crippen molar-refractivity contribution in [1.29, 1.82) is 0 Å². The second-order valence-electron chi connectivity index (χ2n) is 4.17. The second-order valence-corrected chi connectivity index (χ2v) is 6.22. The van der Waals surface area contributed by atoms with Crippen LogP contribution in [0.25, 0.3) is 0 Å². The van der Waals surface area contributed by atoms with Gasteiger partial charge in [0.15, 0.2) is 0 Å². The molecule has 0 amide bonds. The van der Waals surface area contributed by atoms with Crippen LogP contribution in [0, 0.1) is 18.8 Å². The molecule has 104 valence electrons. The molecule has 1 N–H and O–H groups in total. The van der Waals surface area contributed by atoms with E-state index in [1.165, 1.54) is 4.31 Å². The minimum Gasteiger partial charge on any atom is -0.395 e. The predicted molar refractivity (Wildman–Crippen MR) is 75.2 cm³/mol. The van der Waals surface area contributed by atoms with Crippen LogP contribution in [0.5, 0.6) is 0 Å². The minimum atomic E-state index is -3.41. The first-order valence-corrected chi connectivity index (χ1v) is 7.54. The van der Waals surface area contributed by atoms with E-state index < -0.39 is 10.0 Å². The number of hydrogen-bond donors (Lipinski definition) is 1. The van der Waals surface area contributed by atoms with Gasteiger partial charge in [0.25, 0.3) is 0 Å². The molecule has 0 saturated heterocycles. The highest BCUT2D eigenvalue weighted by Crippen LogP contribution is 2.18. The number of hydrogen-bond acceptors (Lipinski definition) is 3. The maximum absolute atomic E-state index is 12.1. The third-order valence-electron chi connectivity index (χ3n) is 2.81. The van der Waals surface area contributed by atoms with Crippen molar-refractivity contribution in [3.05, 3.63) is 29.3 Å². The molecule has 0 aromatic heterocycles. The van der Waals surface area contributed by atoms with Crippen LogP contribution in [-0.2, 0) is 10.0 Å². The summed E-state index contributed by atoms with van der Waals surface area (Å²) in [6, 6.07) is 4.90. The Hall–Kier alpha value is -1.35. The molecule has 0 spiro atoms. The van der Waals surface area contributed by atoms with E-state index in [4.69, 9.17) is 5.11 Å². The molecule has 19 heavy (non-hydrogen) atoms. The molecule has 0 bridgehead atoms. The highest BCUT2D eigenvalue weighted by Gasteiger charge is 2.19. The number of benzene rings is 1. The van der Waals surface area contributed by atoms with Crippen molar-refractivity contribution in [3.8, 4) is 11.8 Å². The number of sulfonamides is 1. The standard InChI is InChI=1S/C14H19NO3S/c1-4-15(3)19(17,18)14-9-8-13(12(2)11-14)7-5-6-10-16/h8-9,11,16H,4,6,10H2,1-3H3. The topological polar surface area (TPSA) is 57.6 Å². The number of nitrogens with zero attached hydrogens (tertiary/aromatic N) is 1. The van der Waals surface area contributed by atoms with Crippen molar-refractivity contribution in [1.82, 2.24) is 4.31 Å². The molecule has 0 atom stereocenters. The van der Waals surface area contributed by atoms with E-state index in [-0.39, 0.29) is 11.5 Å². The van der Waals surface area contributed by atoms with Crippen LogP contribution in [0.1, 0.15) is 24.5 Å². The Bertz CT molecular complexity index is 597. The average Bonchev–Trinajstić information content (AvgIpc) is 2.39. The first-order valence-electron chi connectivity index (χ1n) is 6.10. The van der Waals surface area contributed by atoms with Crippen LogP contribution in [0.4, 0.5) is 0 Å². The lowest BCUT2D eigenvalue weighted by molar-refractivity contribution is 0.305. The lowest BCUT2D eigenvalue weighted by Crippen LogP contribution is -2.26. The van der Waals surface area contributed by atoms with Gasteiger partial charge in [-0.15, -0.1) is 0 Å². The van der Waals surface area contributed by atoms with Gasteiger partial charge in [-0.25, -0.2) is 12.7 Å². The molecular weight excluding hydrogens is 262 g/mol. The van der Waals surface area contributed by atoms with E-state index in [9.17, 15) is 8.42 Å². The zero-order valence-electron chi connectivity index (χ0n) is 11.5. The molecule has 0 aliphatic rings. The predicted octanol–water partition coefficient (Wildman–Crippen LogP) is 1.37. The van der Waals surface area contributed by atoms with E-state index in [0.717, 1.165) is 11.1 Å². The minimum absolute atomic E-state index is 0.0276. The van der Waals surface area contributed by atoms with E-state index in [1.807, 2.05) is 6.92 Å². The molecule has 1 aromatic carbocycles. The summed E-state index contributed by atoms with van der Waals surface area (Å²) in [5, 5.41) is 8.67. The summed E-state index contributed by atoms with van der Waals surface area (Å²) < 4.78 is 25.6. The summed E-state index contributed by atoms with van der Waals surface area (Å²) in [7, 11) is -1.85. The van der Waals surface area contributed by atoms with Crippen LogP contribution < -0.4 is 0 Å². The summed E-state index contributed by atoms with van der Waals surface area (Å²) in [6.45, 7) is 4.08. The highest BCUT2D eigenvalue weighted by molar-refractivity contribution is 7.89. The number of aliphatic hydroxyl groups excluding tert-OH is 1. The molecule has 0 aliphatic heterocycles. The Morgan fingerprint density at radius 2 is 2.05 bits per heavy atom. The van der Waals surface area contributed by atoms with Crippen molar-refractivity contribution in [2.24, 2.45) is 0 Å². The van der Waals surface area contributed by atoms with E-state index in [1.54, 1.807) is 32.2 Å². The third kappa shape index (κ3) is 3.80. The normalized spacial score (nSPS) is 11.2. The van der Waals surface area contributed by atoms with Crippen LogP contribution >= 0.6 is 0 Å². The van der Waals surface area contributed by atoms with E-state index >= 15 is 0 Å². The largest absolute Gasteiger partial charge is 0.395 e. The number of aliphatic hydroxyl groups is 1. The Labute approximate surface area is 115 Å². The van der Waals surface area contributed by atoms with Crippen LogP contribution in [0.3, 0.4) is 0 Å². The average molecular weight is 281 g/mol. The third-order valence-corrected chi connectivity index (χ3v) is 4.74. The quantitative estimate of drug-likeness (QED) is 0.848. The molecule has 4 nitrogen and oxygen atoms in total. The molecule has 1 aromatic rings. The van der Waals surface area contributed by atoms with Crippen molar-refractivity contribution in [2.45, 2.75) is 25.2 Å². The van der Waals surface area contributed by atoms with Gasteiger partial charge in [0.2, 0.25) is 10.0 Å². The van der Waals surface area contributed by atoms with Crippen molar-refractivity contribution < 1.29 is 13.5 Å². The zero-order valence-corrected chi connectivity index (χ0v) is 12.3. The van der Waals surface area contributed by atoms with Gasteiger partial charge in [0.1, 0.15) is 0 Å². The van der Waals surface area contributed by atoms with Crippen molar-refractivity contribution in [3.63, 3.8) is 0 Å². The first-order chi connectivity index (χ1) is 8.93. The van der Waals surface area contributed by atoms with Gasteiger partial charge in [0.05, 0.1) is 11.5 Å². The van der Waals surface area contributed by atoms with Crippen molar-refractivity contribution in [2.75, 3.05) is 20.2 Å². The first kappa shape index (κ1) is 15.7. The summed E-state index contributed by atoms with van der Waals surface area (Å²) in [6.07, 6.45) is 0.415. The number of aryl methyl sites for hydroxylation is 1. The van der Waals surface area contributed by atoms with Crippen LogP contribution in [0.2, 0.25) is 0 Å². The van der Waals surface area contributed by atoms with Gasteiger partial charge in [-0.3, -0.25) is 0 Å². The Kier molecular flexibility index (Phi) is 5.55. The maximum atomic E-state index is 12.1. The van der Waals surface area contributed by atoms with Crippen molar-refractivity contribution >= 4 is 10.0 Å². The molecule has 1 rings (SSSR count). The summed E-state index contributed by atoms with van der Waals surface area (Å²) in [4.78, 5) is 0.280. The smallest absolute Gasteiger partial charge is 0.242 e. The van der Waals surface area contributed by atoms with Gasteiger partial charge in [-0.2, -0.15) is 0 Å². The van der Waals surface area contributed by atoms with Gasteiger partial charge in [0, 0.05) is 25.6 Å². The molecule has 5 heteroatoms. The lowest BCUT2D eigenvalue weighted by Gasteiger charge is -2.15. The lowest BCUT2D eigenvalue weighted by atomic mass is 10.1. The highest BCUT2D eigenvalue weighted by atomic mass is 32.2. The SMILES string of the molecule is CCN(C)S(=O)(=O)c1ccc(C#CCCO)c(C)c1. The summed E-state index contributed by atoms with van der Waals surface area (Å²) >= 11 is 0. The molecule has 0 saturated carbocycles. The zero-order chi connectivity index (χ0) is 14.5. The Balaban J connectivity index is 3.11. The molecule has 0 aliphatic carbocycles. The summed E-state index contributed by atoms with van der Waals surface area (Å²) in [5.74, 6) is 5.74. The molecule has 0 radical (unpaired) electrons. The van der Waals surface area contributed by atoms with Gasteiger partial charge >= 0.3 is 0 Å². The fraction of sp³-hybridized carbons (Fsp3) is 0.429. The van der Waals surface area contributed by atoms with Gasteiger partial charge < -0.3 is 5.11 Å². The molecule has 0 unspecified atom stereocenters. The fourth-order valence-electron chi connectivity index (χ4n) is 1.50. The van der Waals surface area contributed by atoms with Crippen LogP contribution in [0.15, 0.2) is 23.1 Å². The van der Waals surface area contributed by atoms with E-state index in [0.29, 0.717) is 13.0 Å². The summed E-state index contributed by atoms with van der Waals surface area (Å²) in [5.41, 5.74) is 1.60. The monoisotopic (exact) mass is 281 g/mol. The Morgan fingerprint density at radius 1 is 1.37 bits per heavy atom. The van der Waals surface area contributed by atoms with Gasteiger partial charge in [-0.05, 0) is 30.7 Å². The molecular formula is C14H19NO3S.